The fraction of sp³-hybridized carbons (Fsp3) is 0.300. The van der Waals surface area contributed by atoms with Crippen molar-refractivity contribution in [1.29, 1.82) is 0 Å². The van der Waals surface area contributed by atoms with Crippen LogP contribution in [0.25, 0.3) is 22.2 Å². The Labute approximate surface area is 126 Å². The van der Waals surface area contributed by atoms with Gasteiger partial charge in [0.25, 0.3) is 0 Å². The zero-order chi connectivity index (χ0) is 14.8. The molecule has 1 aliphatic carbocycles. The average molecular weight is 275 g/mol. The van der Waals surface area contributed by atoms with Gasteiger partial charge in [0.05, 0.1) is 5.69 Å². The Kier molecular flexibility index (Phi) is 2.42. The molecule has 0 radical (unpaired) electrons. The molecule has 1 aliphatic rings. The Hall–Kier alpha value is -2.02. The third kappa shape index (κ3) is 1.47. The molecule has 0 unspecified atom stereocenters. The minimum absolute atomic E-state index is 0.0817. The smallest absolute Gasteiger partial charge is 0.0535 e. The maximum atomic E-state index is 2.48. The van der Waals surface area contributed by atoms with E-state index in [0.717, 1.165) is 6.54 Å². The van der Waals surface area contributed by atoms with E-state index >= 15 is 0 Å². The van der Waals surface area contributed by atoms with Gasteiger partial charge in [0.15, 0.2) is 0 Å². The van der Waals surface area contributed by atoms with Crippen LogP contribution in [0.3, 0.4) is 0 Å². The molecule has 21 heavy (non-hydrogen) atoms. The fourth-order valence-electron chi connectivity index (χ4n) is 4.08. The Bertz CT molecular complexity index is 865. The normalized spacial score (nSPS) is 15.2. The van der Waals surface area contributed by atoms with Gasteiger partial charge in [-0.1, -0.05) is 49.7 Å². The van der Waals surface area contributed by atoms with Crippen molar-refractivity contribution in [1.82, 2.24) is 4.57 Å². The van der Waals surface area contributed by atoms with E-state index in [1.54, 1.807) is 0 Å². The molecule has 0 N–H and O–H groups in total. The molecule has 0 aliphatic heterocycles. The van der Waals surface area contributed by atoms with Crippen LogP contribution in [0.2, 0.25) is 0 Å². The molecular formula is C20H21N. The second-order valence-electron chi connectivity index (χ2n) is 6.66. The first kappa shape index (κ1) is 12.7. The molecule has 2 aromatic carbocycles. The van der Waals surface area contributed by atoms with Crippen LogP contribution < -0.4 is 0 Å². The van der Waals surface area contributed by atoms with Crippen LogP contribution in [0, 0.1) is 6.92 Å². The lowest BCUT2D eigenvalue weighted by Crippen LogP contribution is -2.14. The van der Waals surface area contributed by atoms with Gasteiger partial charge in [0, 0.05) is 28.4 Å². The zero-order valence-electron chi connectivity index (χ0n) is 13.2. The van der Waals surface area contributed by atoms with Gasteiger partial charge >= 0.3 is 0 Å². The molecule has 1 heteroatoms. The van der Waals surface area contributed by atoms with Crippen LogP contribution in [0.4, 0.5) is 0 Å². The largest absolute Gasteiger partial charge is 0.341 e. The van der Waals surface area contributed by atoms with Crippen molar-refractivity contribution < 1.29 is 0 Å². The van der Waals surface area contributed by atoms with E-state index < -0.39 is 0 Å². The lowest BCUT2D eigenvalue weighted by molar-refractivity contribution is 0.665. The molecule has 0 saturated carbocycles. The highest BCUT2D eigenvalue weighted by Gasteiger charge is 2.39. The van der Waals surface area contributed by atoms with E-state index in [1.807, 2.05) is 0 Å². The van der Waals surface area contributed by atoms with Gasteiger partial charge in [0.1, 0.15) is 0 Å². The molecule has 1 heterocycles. The van der Waals surface area contributed by atoms with Gasteiger partial charge in [-0.2, -0.15) is 0 Å². The highest BCUT2D eigenvalue weighted by molar-refractivity contribution is 5.98. The number of rotatable bonds is 1. The summed E-state index contributed by atoms with van der Waals surface area (Å²) < 4.78 is 2.48. The van der Waals surface area contributed by atoms with E-state index in [1.165, 1.54) is 38.9 Å². The minimum Gasteiger partial charge on any atom is -0.341 e. The van der Waals surface area contributed by atoms with E-state index in [-0.39, 0.29) is 5.41 Å². The second-order valence-corrected chi connectivity index (χ2v) is 6.66. The quantitative estimate of drug-likeness (QED) is 0.569. The number of nitrogens with zero attached hydrogens (tertiary/aromatic N) is 1. The van der Waals surface area contributed by atoms with Gasteiger partial charge < -0.3 is 4.57 Å². The number of fused-ring (bicyclic) bond motifs is 5. The number of aryl methyl sites for hydroxylation is 2. The monoisotopic (exact) mass is 275 g/mol. The van der Waals surface area contributed by atoms with Crippen LogP contribution in [0.15, 0.2) is 42.5 Å². The summed E-state index contributed by atoms with van der Waals surface area (Å²) in [6.07, 6.45) is 0. The third-order valence-electron chi connectivity index (χ3n) is 5.02. The predicted molar refractivity (Wildman–Crippen MR) is 89.9 cm³/mol. The fourth-order valence-corrected chi connectivity index (χ4v) is 4.08. The van der Waals surface area contributed by atoms with Crippen molar-refractivity contribution in [3.05, 3.63) is 59.2 Å². The molecule has 1 aromatic heterocycles. The zero-order valence-corrected chi connectivity index (χ0v) is 13.2. The summed E-state index contributed by atoms with van der Waals surface area (Å²) in [6.45, 7) is 10.2. The van der Waals surface area contributed by atoms with E-state index in [4.69, 9.17) is 0 Å². The second kappa shape index (κ2) is 4.00. The predicted octanol–water partition coefficient (Wildman–Crippen LogP) is 5.28. The lowest BCUT2D eigenvalue weighted by Gasteiger charge is -2.21. The van der Waals surface area contributed by atoms with Crippen LogP contribution in [0.5, 0.6) is 0 Å². The van der Waals surface area contributed by atoms with Crippen molar-refractivity contribution in [3.8, 4) is 11.3 Å². The SMILES string of the molecule is CCn1c2c(c3cc(C)ccc31)C(C)(C)c1ccccc1-2. The van der Waals surface area contributed by atoms with Crippen LogP contribution in [-0.4, -0.2) is 4.57 Å². The Morgan fingerprint density at radius 1 is 1.05 bits per heavy atom. The Balaban J connectivity index is 2.23. The first-order chi connectivity index (χ1) is 10.1. The highest BCUT2D eigenvalue weighted by atomic mass is 15.0. The molecule has 3 aromatic rings. The average Bonchev–Trinajstić information content (AvgIpc) is 2.91. The minimum atomic E-state index is 0.0817. The first-order valence-electron chi connectivity index (χ1n) is 7.79. The van der Waals surface area contributed by atoms with Gasteiger partial charge in [-0.15, -0.1) is 0 Å². The summed E-state index contributed by atoms with van der Waals surface area (Å²) in [6, 6.07) is 15.8. The van der Waals surface area contributed by atoms with Crippen molar-refractivity contribution in [3.63, 3.8) is 0 Å². The van der Waals surface area contributed by atoms with E-state index in [0.29, 0.717) is 0 Å². The lowest BCUT2D eigenvalue weighted by atomic mass is 9.81. The maximum Gasteiger partial charge on any atom is 0.0535 e. The first-order valence-corrected chi connectivity index (χ1v) is 7.79. The highest BCUT2D eigenvalue weighted by Crippen LogP contribution is 2.52. The van der Waals surface area contributed by atoms with Gasteiger partial charge in [-0.25, -0.2) is 0 Å². The van der Waals surface area contributed by atoms with Crippen LogP contribution in [0.1, 0.15) is 37.5 Å². The molecule has 106 valence electrons. The molecule has 0 amide bonds. The third-order valence-corrected chi connectivity index (χ3v) is 5.02. The van der Waals surface area contributed by atoms with Crippen molar-refractivity contribution in [2.24, 2.45) is 0 Å². The topological polar surface area (TPSA) is 4.93 Å². The molecule has 0 fully saturated rings. The maximum absolute atomic E-state index is 2.48. The van der Waals surface area contributed by atoms with Gasteiger partial charge in [0.2, 0.25) is 0 Å². The van der Waals surface area contributed by atoms with Gasteiger partial charge in [-0.05, 0) is 37.1 Å². The summed E-state index contributed by atoms with van der Waals surface area (Å²) in [5.74, 6) is 0. The summed E-state index contributed by atoms with van der Waals surface area (Å²) in [5.41, 5.74) is 8.59. The number of aromatic nitrogens is 1. The van der Waals surface area contributed by atoms with E-state index in [2.05, 4.69) is 74.7 Å². The van der Waals surface area contributed by atoms with Crippen LogP contribution in [-0.2, 0) is 12.0 Å². The number of benzene rings is 2. The molecule has 0 saturated heterocycles. The molecule has 1 nitrogen and oxygen atoms in total. The molecule has 0 bridgehead atoms. The summed E-state index contributed by atoms with van der Waals surface area (Å²) in [5, 5.41) is 1.42. The van der Waals surface area contributed by atoms with Crippen LogP contribution >= 0.6 is 0 Å². The summed E-state index contributed by atoms with van der Waals surface area (Å²) in [4.78, 5) is 0. The Morgan fingerprint density at radius 3 is 2.57 bits per heavy atom. The number of hydrogen-bond acceptors (Lipinski definition) is 0. The molecule has 0 atom stereocenters. The van der Waals surface area contributed by atoms with E-state index in [9.17, 15) is 0 Å². The molecule has 0 spiro atoms. The molecular weight excluding hydrogens is 254 g/mol. The van der Waals surface area contributed by atoms with Gasteiger partial charge in [-0.3, -0.25) is 0 Å². The standard InChI is InChI=1S/C20H21N/c1-5-21-17-11-10-13(2)12-15(17)18-19(21)14-8-6-7-9-16(14)20(18,3)4/h6-12H,5H2,1-4H3. The summed E-state index contributed by atoms with van der Waals surface area (Å²) >= 11 is 0. The number of hydrogen-bond donors (Lipinski definition) is 0. The van der Waals surface area contributed by atoms with Crippen molar-refractivity contribution >= 4 is 10.9 Å². The van der Waals surface area contributed by atoms with Crippen molar-refractivity contribution in [2.75, 3.05) is 0 Å². The van der Waals surface area contributed by atoms with Crippen molar-refractivity contribution in [2.45, 2.75) is 39.7 Å². The molecule has 4 rings (SSSR count). The summed E-state index contributed by atoms with van der Waals surface area (Å²) in [7, 11) is 0. The Morgan fingerprint density at radius 2 is 1.81 bits per heavy atom.